The van der Waals surface area contributed by atoms with Crippen LogP contribution < -0.4 is 5.32 Å². The van der Waals surface area contributed by atoms with E-state index in [0.29, 0.717) is 27.9 Å². The number of unbranched alkanes of at least 4 members (excludes halogenated alkanes) is 1. The molecule has 0 bridgehead atoms. The van der Waals surface area contributed by atoms with Crippen molar-refractivity contribution in [1.82, 2.24) is 19.5 Å². The molecule has 0 aliphatic carbocycles. The highest BCUT2D eigenvalue weighted by molar-refractivity contribution is 6.42. The van der Waals surface area contributed by atoms with Crippen molar-refractivity contribution in [3.05, 3.63) is 45.4 Å². The Bertz CT molecular complexity index is 862. The summed E-state index contributed by atoms with van der Waals surface area (Å²) in [4.78, 5) is 13.0. The highest BCUT2D eigenvalue weighted by atomic mass is 35.5. The Kier molecular flexibility index (Phi) is 5.43. The summed E-state index contributed by atoms with van der Waals surface area (Å²) < 4.78 is 2.00. The Morgan fingerprint density at radius 2 is 1.96 bits per heavy atom. The molecule has 0 radical (unpaired) electrons. The Hall–Kier alpha value is -1.56. The number of nitrogens with one attached hydrogen (secondary N) is 1. The van der Waals surface area contributed by atoms with Crippen LogP contribution in [0.3, 0.4) is 0 Å². The van der Waals surface area contributed by atoms with Crippen LogP contribution in [0.4, 0.5) is 5.82 Å². The molecule has 0 fully saturated rings. The molecule has 0 aliphatic heterocycles. The molecule has 0 aliphatic rings. The molecule has 2 heterocycles. The van der Waals surface area contributed by atoms with Crippen molar-refractivity contribution in [1.29, 1.82) is 0 Å². The van der Waals surface area contributed by atoms with Gasteiger partial charge in [0, 0.05) is 13.1 Å². The van der Waals surface area contributed by atoms with Gasteiger partial charge >= 0.3 is 0 Å². The van der Waals surface area contributed by atoms with Crippen molar-refractivity contribution in [3.63, 3.8) is 0 Å². The van der Waals surface area contributed by atoms with Gasteiger partial charge in [0.2, 0.25) is 5.28 Å². The van der Waals surface area contributed by atoms with Crippen molar-refractivity contribution < 1.29 is 0 Å². The summed E-state index contributed by atoms with van der Waals surface area (Å²) in [5, 5.41) is 4.49. The number of hydrogen-bond acceptors (Lipinski definition) is 4. The number of aromatic nitrogens is 4. The maximum Gasteiger partial charge on any atom is 0.226 e. The highest BCUT2D eigenvalue weighted by Gasteiger charge is 2.12. The van der Waals surface area contributed by atoms with Crippen LogP contribution in [0.15, 0.2) is 24.5 Å². The zero-order valence-corrected chi connectivity index (χ0v) is 15.3. The van der Waals surface area contributed by atoms with E-state index in [0.717, 1.165) is 30.6 Å². The van der Waals surface area contributed by atoms with Crippen molar-refractivity contribution in [2.45, 2.75) is 32.9 Å². The summed E-state index contributed by atoms with van der Waals surface area (Å²) in [7, 11) is 0. The van der Waals surface area contributed by atoms with Crippen LogP contribution >= 0.6 is 34.8 Å². The molecule has 2 aromatic heterocycles. The van der Waals surface area contributed by atoms with E-state index in [2.05, 4.69) is 27.2 Å². The maximum absolute atomic E-state index is 6.07. The molecule has 0 atom stereocenters. The van der Waals surface area contributed by atoms with Gasteiger partial charge in [-0.05, 0) is 35.7 Å². The predicted molar refractivity (Wildman–Crippen MR) is 99.0 cm³/mol. The molecule has 0 saturated heterocycles. The number of benzene rings is 1. The monoisotopic (exact) mass is 383 g/mol. The molecule has 5 nitrogen and oxygen atoms in total. The molecule has 0 saturated carbocycles. The van der Waals surface area contributed by atoms with Crippen LogP contribution in [0.5, 0.6) is 0 Å². The zero-order chi connectivity index (χ0) is 17.1. The maximum atomic E-state index is 6.07. The SMILES string of the molecule is CCCCn1cnc2c(NCc3ccc(Cl)c(Cl)c3)nc(Cl)nc21. The van der Waals surface area contributed by atoms with Gasteiger partial charge in [0.1, 0.15) is 0 Å². The molecule has 0 amide bonds. The minimum absolute atomic E-state index is 0.192. The second-order valence-electron chi connectivity index (χ2n) is 5.41. The Labute approximate surface area is 155 Å². The number of fused-ring (bicyclic) bond motifs is 1. The standard InChI is InChI=1S/C16H16Cl3N5/c1-2-3-6-24-9-21-13-14(22-16(19)23-15(13)24)20-8-10-4-5-11(17)12(18)7-10/h4-5,7,9H,2-3,6,8H2,1H3,(H,20,22,23). The molecule has 1 N–H and O–H groups in total. The smallest absolute Gasteiger partial charge is 0.226 e. The van der Waals surface area contributed by atoms with Gasteiger partial charge in [-0.25, -0.2) is 4.98 Å². The molecular formula is C16H16Cl3N5. The summed E-state index contributed by atoms with van der Waals surface area (Å²) in [6, 6.07) is 5.49. The second kappa shape index (κ2) is 7.55. The molecule has 24 heavy (non-hydrogen) atoms. The van der Waals surface area contributed by atoms with E-state index in [9.17, 15) is 0 Å². The third kappa shape index (κ3) is 3.74. The van der Waals surface area contributed by atoms with Gasteiger partial charge in [-0.1, -0.05) is 42.6 Å². The fourth-order valence-corrected chi connectivity index (χ4v) is 2.85. The summed E-state index contributed by atoms with van der Waals surface area (Å²) >= 11 is 18.1. The van der Waals surface area contributed by atoms with Crippen LogP contribution in [0.25, 0.3) is 11.2 Å². The van der Waals surface area contributed by atoms with Crippen molar-refractivity contribution in [2.75, 3.05) is 5.32 Å². The lowest BCUT2D eigenvalue weighted by Gasteiger charge is -2.08. The Balaban J connectivity index is 1.85. The number of aryl methyl sites for hydroxylation is 1. The Morgan fingerprint density at radius 3 is 2.71 bits per heavy atom. The minimum atomic E-state index is 0.192. The number of nitrogens with zero attached hydrogens (tertiary/aromatic N) is 4. The molecular weight excluding hydrogens is 369 g/mol. The third-order valence-electron chi connectivity index (χ3n) is 3.63. The molecule has 8 heteroatoms. The lowest BCUT2D eigenvalue weighted by atomic mass is 10.2. The van der Waals surface area contributed by atoms with Crippen LogP contribution in [-0.4, -0.2) is 19.5 Å². The van der Waals surface area contributed by atoms with E-state index in [4.69, 9.17) is 34.8 Å². The lowest BCUT2D eigenvalue weighted by Crippen LogP contribution is -2.04. The molecule has 3 rings (SSSR count). The fourth-order valence-electron chi connectivity index (χ4n) is 2.37. The van der Waals surface area contributed by atoms with Gasteiger partial charge in [0.25, 0.3) is 0 Å². The summed E-state index contributed by atoms with van der Waals surface area (Å²) in [6.45, 7) is 3.53. The van der Waals surface area contributed by atoms with Gasteiger partial charge in [-0.2, -0.15) is 9.97 Å². The number of hydrogen-bond donors (Lipinski definition) is 1. The molecule has 126 valence electrons. The van der Waals surface area contributed by atoms with E-state index in [1.54, 1.807) is 12.4 Å². The Morgan fingerprint density at radius 1 is 1.12 bits per heavy atom. The van der Waals surface area contributed by atoms with Gasteiger partial charge < -0.3 is 9.88 Å². The summed E-state index contributed by atoms with van der Waals surface area (Å²) in [6.07, 6.45) is 3.93. The van der Waals surface area contributed by atoms with Crippen LogP contribution in [0, 0.1) is 0 Å². The van der Waals surface area contributed by atoms with Crippen molar-refractivity contribution >= 4 is 51.8 Å². The van der Waals surface area contributed by atoms with E-state index < -0.39 is 0 Å². The van der Waals surface area contributed by atoms with Crippen LogP contribution in [0.2, 0.25) is 15.3 Å². The first-order valence-electron chi connectivity index (χ1n) is 7.64. The zero-order valence-electron chi connectivity index (χ0n) is 13.1. The molecule has 3 aromatic rings. The molecule has 0 unspecified atom stereocenters. The largest absolute Gasteiger partial charge is 0.364 e. The average Bonchev–Trinajstić information content (AvgIpc) is 2.96. The normalized spacial score (nSPS) is 11.2. The number of halogens is 3. The summed E-state index contributed by atoms with van der Waals surface area (Å²) in [5.74, 6) is 0.603. The van der Waals surface area contributed by atoms with Gasteiger partial charge in [-0.3, -0.25) is 0 Å². The minimum Gasteiger partial charge on any atom is -0.364 e. The van der Waals surface area contributed by atoms with Gasteiger partial charge in [0.05, 0.1) is 16.4 Å². The van der Waals surface area contributed by atoms with E-state index in [1.807, 2.05) is 16.7 Å². The summed E-state index contributed by atoms with van der Waals surface area (Å²) in [5.41, 5.74) is 2.42. The first-order chi connectivity index (χ1) is 11.6. The van der Waals surface area contributed by atoms with E-state index in [1.165, 1.54) is 0 Å². The number of rotatable bonds is 6. The lowest BCUT2D eigenvalue weighted by molar-refractivity contribution is 0.641. The van der Waals surface area contributed by atoms with E-state index >= 15 is 0 Å². The first-order valence-corrected chi connectivity index (χ1v) is 8.78. The average molecular weight is 385 g/mol. The fraction of sp³-hybridized carbons (Fsp3) is 0.312. The second-order valence-corrected chi connectivity index (χ2v) is 6.56. The number of imidazole rings is 1. The third-order valence-corrected chi connectivity index (χ3v) is 4.54. The number of anilines is 1. The molecule has 0 spiro atoms. The quantitative estimate of drug-likeness (QED) is 0.594. The van der Waals surface area contributed by atoms with Crippen LogP contribution in [-0.2, 0) is 13.1 Å². The van der Waals surface area contributed by atoms with E-state index in [-0.39, 0.29) is 5.28 Å². The molecule has 1 aromatic carbocycles. The topological polar surface area (TPSA) is 55.6 Å². The van der Waals surface area contributed by atoms with Gasteiger partial charge in [0.15, 0.2) is 17.0 Å². The van der Waals surface area contributed by atoms with Crippen molar-refractivity contribution in [3.8, 4) is 0 Å². The first kappa shape index (κ1) is 17.3. The predicted octanol–water partition coefficient (Wildman–Crippen LogP) is 5.20. The highest BCUT2D eigenvalue weighted by Crippen LogP contribution is 2.25. The van der Waals surface area contributed by atoms with Gasteiger partial charge in [-0.15, -0.1) is 0 Å². The van der Waals surface area contributed by atoms with Crippen LogP contribution in [0.1, 0.15) is 25.3 Å². The van der Waals surface area contributed by atoms with Crippen molar-refractivity contribution in [2.24, 2.45) is 0 Å².